The number of nitrogens with zero attached hydrogens (tertiary/aromatic N) is 2. The number of aromatic nitrogens is 2. The Labute approximate surface area is 106 Å². The molecule has 100 valence electrons. The number of anilines is 1. The van der Waals surface area contributed by atoms with Gasteiger partial charge in [-0.15, -0.1) is 0 Å². The van der Waals surface area contributed by atoms with Gasteiger partial charge in [0.2, 0.25) is 0 Å². The van der Waals surface area contributed by atoms with Crippen molar-refractivity contribution in [1.29, 1.82) is 0 Å². The van der Waals surface area contributed by atoms with E-state index in [2.05, 4.69) is 15.7 Å². The summed E-state index contributed by atoms with van der Waals surface area (Å²) >= 11 is 0. The van der Waals surface area contributed by atoms with E-state index in [0.29, 0.717) is 12.2 Å². The Morgan fingerprint density at radius 3 is 2.83 bits per heavy atom. The standard InChI is InChI=1S/C12H20N4O2/c1-9(2)16-6-10(5-14-16)15-11(18)13-7-12(8-17)3-4-12/h5-6,9,17H,3-4,7-8H2,1-2H3,(H2,13,15,18). The van der Waals surface area contributed by atoms with Gasteiger partial charge in [0, 0.05) is 24.2 Å². The minimum Gasteiger partial charge on any atom is -0.396 e. The molecule has 6 nitrogen and oxygen atoms in total. The number of carbonyl (C=O) groups excluding carboxylic acids is 1. The second kappa shape index (κ2) is 4.97. The zero-order valence-corrected chi connectivity index (χ0v) is 10.8. The molecule has 0 radical (unpaired) electrons. The lowest BCUT2D eigenvalue weighted by Crippen LogP contribution is -2.34. The summed E-state index contributed by atoms with van der Waals surface area (Å²) in [4.78, 5) is 11.6. The Balaban J connectivity index is 1.79. The lowest BCUT2D eigenvalue weighted by Gasteiger charge is -2.12. The minimum absolute atomic E-state index is 0.0700. The van der Waals surface area contributed by atoms with E-state index in [0.717, 1.165) is 12.8 Å². The molecule has 0 aliphatic heterocycles. The van der Waals surface area contributed by atoms with Crippen molar-refractivity contribution in [3.8, 4) is 0 Å². The summed E-state index contributed by atoms with van der Waals surface area (Å²) in [7, 11) is 0. The molecule has 6 heteroatoms. The number of aliphatic hydroxyl groups is 1. The van der Waals surface area contributed by atoms with Crippen LogP contribution in [0.2, 0.25) is 0 Å². The summed E-state index contributed by atoms with van der Waals surface area (Å²) in [5.74, 6) is 0. The number of aliphatic hydroxyl groups excluding tert-OH is 1. The summed E-state index contributed by atoms with van der Waals surface area (Å²) in [5.41, 5.74) is 0.606. The van der Waals surface area contributed by atoms with Crippen LogP contribution in [0, 0.1) is 5.41 Å². The van der Waals surface area contributed by atoms with Crippen LogP contribution in [0.25, 0.3) is 0 Å². The minimum atomic E-state index is -0.252. The maximum Gasteiger partial charge on any atom is 0.319 e. The fourth-order valence-corrected chi connectivity index (χ4v) is 1.70. The predicted octanol–water partition coefficient (Wildman–Crippen LogP) is 1.36. The van der Waals surface area contributed by atoms with Crippen molar-refractivity contribution >= 4 is 11.7 Å². The first kappa shape index (κ1) is 12.9. The zero-order valence-electron chi connectivity index (χ0n) is 10.8. The fraction of sp³-hybridized carbons (Fsp3) is 0.667. The first-order valence-electron chi connectivity index (χ1n) is 6.24. The van der Waals surface area contributed by atoms with Crippen molar-refractivity contribution in [1.82, 2.24) is 15.1 Å². The lowest BCUT2D eigenvalue weighted by atomic mass is 10.1. The second-order valence-corrected chi connectivity index (χ2v) is 5.27. The van der Waals surface area contributed by atoms with Crippen molar-refractivity contribution in [3.05, 3.63) is 12.4 Å². The van der Waals surface area contributed by atoms with E-state index < -0.39 is 0 Å². The highest BCUT2D eigenvalue weighted by Crippen LogP contribution is 2.44. The van der Waals surface area contributed by atoms with Gasteiger partial charge in [0.25, 0.3) is 0 Å². The van der Waals surface area contributed by atoms with Gasteiger partial charge < -0.3 is 15.7 Å². The van der Waals surface area contributed by atoms with Gasteiger partial charge in [0.05, 0.1) is 18.5 Å². The van der Waals surface area contributed by atoms with Crippen molar-refractivity contribution < 1.29 is 9.90 Å². The molecule has 1 saturated carbocycles. The Hall–Kier alpha value is -1.56. The zero-order chi connectivity index (χ0) is 13.2. The van der Waals surface area contributed by atoms with Gasteiger partial charge in [-0.3, -0.25) is 4.68 Å². The molecule has 0 spiro atoms. The molecule has 0 saturated heterocycles. The lowest BCUT2D eigenvalue weighted by molar-refractivity contribution is 0.206. The molecular formula is C12H20N4O2. The highest BCUT2D eigenvalue weighted by molar-refractivity contribution is 5.88. The Kier molecular flexibility index (Phi) is 3.56. The number of urea groups is 1. The number of hydrogen-bond acceptors (Lipinski definition) is 3. The molecule has 1 aliphatic rings. The van der Waals surface area contributed by atoms with Gasteiger partial charge in [0.15, 0.2) is 0 Å². The number of hydrogen-bond donors (Lipinski definition) is 3. The molecule has 3 N–H and O–H groups in total. The molecule has 18 heavy (non-hydrogen) atoms. The van der Waals surface area contributed by atoms with Gasteiger partial charge in [-0.05, 0) is 26.7 Å². The molecular weight excluding hydrogens is 232 g/mol. The molecule has 0 unspecified atom stereocenters. The molecule has 1 aromatic rings. The van der Waals surface area contributed by atoms with Gasteiger partial charge in [-0.2, -0.15) is 5.10 Å². The highest BCUT2D eigenvalue weighted by atomic mass is 16.3. The van der Waals surface area contributed by atoms with Gasteiger partial charge in [-0.25, -0.2) is 4.79 Å². The predicted molar refractivity (Wildman–Crippen MR) is 68.4 cm³/mol. The normalized spacial score (nSPS) is 16.7. The van der Waals surface area contributed by atoms with Crippen LogP contribution >= 0.6 is 0 Å². The molecule has 2 amide bonds. The summed E-state index contributed by atoms with van der Waals surface area (Å²) < 4.78 is 1.78. The smallest absolute Gasteiger partial charge is 0.319 e. The van der Waals surface area contributed by atoms with E-state index in [4.69, 9.17) is 5.11 Å². The highest BCUT2D eigenvalue weighted by Gasteiger charge is 2.42. The third-order valence-electron chi connectivity index (χ3n) is 3.30. The largest absolute Gasteiger partial charge is 0.396 e. The van der Waals surface area contributed by atoms with E-state index in [1.807, 2.05) is 13.8 Å². The molecule has 1 heterocycles. The number of carbonyl (C=O) groups is 1. The van der Waals surface area contributed by atoms with Crippen molar-refractivity contribution in [2.45, 2.75) is 32.7 Å². The quantitative estimate of drug-likeness (QED) is 0.740. The average molecular weight is 252 g/mol. The summed E-state index contributed by atoms with van der Waals surface area (Å²) in [6.07, 6.45) is 5.38. The van der Waals surface area contributed by atoms with E-state index in [1.165, 1.54) is 0 Å². The molecule has 0 aromatic carbocycles. The molecule has 1 aromatic heterocycles. The van der Waals surface area contributed by atoms with Crippen LogP contribution in [0.15, 0.2) is 12.4 Å². The topological polar surface area (TPSA) is 79.2 Å². The fourth-order valence-electron chi connectivity index (χ4n) is 1.70. The van der Waals surface area contributed by atoms with Crippen LogP contribution < -0.4 is 10.6 Å². The van der Waals surface area contributed by atoms with Crippen LogP contribution in [0.5, 0.6) is 0 Å². The van der Waals surface area contributed by atoms with E-state index >= 15 is 0 Å². The van der Waals surface area contributed by atoms with Crippen molar-refractivity contribution in [3.63, 3.8) is 0 Å². The van der Waals surface area contributed by atoms with Gasteiger partial charge in [-0.1, -0.05) is 0 Å². The van der Waals surface area contributed by atoms with Crippen LogP contribution in [-0.2, 0) is 0 Å². The molecule has 2 rings (SSSR count). The summed E-state index contributed by atoms with van der Waals surface area (Å²) in [5, 5.41) is 18.8. The molecule has 0 atom stereocenters. The van der Waals surface area contributed by atoms with E-state index in [1.54, 1.807) is 17.1 Å². The maximum atomic E-state index is 11.6. The summed E-state index contributed by atoms with van der Waals surface area (Å²) in [6, 6.07) is 0.0192. The second-order valence-electron chi connectivity index (χ2n) is 5.27. The van der Waals surface area contributed by atoms with Gasteiger partial charge in [0.1, 0.15) is 0 Å². The first-order valence-corrected chi connectivity index (χ1v) is 6.24. The van der Waals surface area contributed by atoms with Crippen LogP contribution in [-0.4, -0.2) is 34.1 Å². The SMILES string of the molecule is CC(C)n1cc(NC(=O)NCC2(CO)CC2)cn1. The van der Waals surface area contributed by atoms with Crippen LogP contribution in [0.4, 0.5) is 10.5 Å². The number of amides is 2. The van der Waals surface area contributed by atoms with Crippen LogP contribution in [0.3, 0.4) is 0 Å². The van der Waals surface area contributed by atoms with Crippen molar-refractivity contribution in [2.75, 3.05) is 18.5 Å². The maximum absolute atomic E-state index is 11.6. The van der Waals surface area contributed by atoms with E-state index in [-0.39, 0.29) is 24.1 Å². The monoisotopic (exact) mass is 252 g/mol. The molecule has 1 fully saturated rings. The van der Waals surface area contributed by atoms with Crippen LogP contribution in [0.1, 0.15) is 32.7 Å². The Bertz CT molecular complexity index is 423. The molecule has 0 bridgehead atoms. The molecule has 1 aliphatic carbocycles. The third-order valence-corrected chi connectivity index (χ3v) is 3.30. The summed E-state index contributed by atoms with van der Waals surface area (Å²) in [6.45, 7) is 4.70. The Morgan fingerprint density at radius 2 is 2.33 bits per heavy atom. The van der Waals surface area contributed by atoms with Crippen molar-refractivity contribution in [2.24, 2.45) is 5.41 Å². The number of rotatable bonds is 5. The third kappa shape index (κ3) is 3.01. The average Bonchev–Trinajstić information content (AvgIpc) is 2.98. The first-order chi connectivity index (χ1) is 8.54. The van der Waals surface area contributed by atoms with E-state index in [9.17, 15) is 4.79 Å². The number of nitrogens with one attached hydrogen (secondary N) is 2. The van der Waals surface area contributed by atoms with Gasteiger partial charge >= 0.3 is 6.03 Å². The Morgan fingerprint density at radius 1 is 1.61 bits per heavy atom.